The van der Waals surface area contributed by atoms with Gasteiger partial charge in [-0.3, -0.25) is 0 Å². The second-order valence-electron chi connectivity index (χ2n) is 4.84. The number of methoxy groups -OCH3 is 3. The van der Waals surface area contributed by atoms with Crippen LogP contribution in [0.4, 0.5) is 4.39 Å². The minimum absolute atomic E-state index is 0.0659. The minimum Gasteiger partial charge on any atom is -0.497 e. The van der Waals surface area contributed by atoms with Crippen molar-refractivity contribution in [3.63, 3.8) is 0 Å². The van der Waals surface area contributed by atoms with Crippen LogP contribution in [0.25, 0.3) is 0 Å². The molecule has 0 heterocycles. The van der Waals surface area contributed by atoms with Crippen LogP contribution in [0.5, 0.6) is 17.2 Å². The van der Waals surface area contributed by atoms with Crippen molar-refractivity contribution < 1.29 is 28.4 Å². The van der Waals surface area contributed by atoms with E-state index in [2.05, 4.69) is 0 Å². The third kappa shape index (κ3) is 4.35. The molecule has 5 nitrogen and oxygen atoms in total. The number of halogens is 1. The highest BCUT2D eigenvalue weighted by Gasteiger charge is 2.16. The van der Waals surface area contributed by atoms with E-state index >= 15 is 0 Å². The number of aliphatic hydroxyl groups excluding tert-OH is 1. The van der Waals surface area contributed by atoms with Crippen LogP contribution in [0.15, 0.2) is 30.3 Å². The second kappa shape index (κ2) is 8.83. The van der Waals surface area contributed by atoms with Gasteiger partial charge in [-0.15, -0.1) is 0 Å². The van der Waals surface area contributed by atoms with Gasteiger partial charge in [-0.25, -0.2) is 4.39 Å². The molecule has 0 radical (unpaired) electrons. The van der Waals surface area contributed by atoms with E-state index in [1.807, 2.05) is 6.07 Å². The first-order valence-electron chi connectivity index (χ1n) is 7.17. The van der Waals surface area contributed by atoms with E-state index in [-0.39, 0.29) is 27.8 Å². The Balaban J connectivity index is 2.47. The van der Waals surface area contributed by atoms with Crippen LogP contribution in [0.1, 0.15) is 5.56 Å². The molecule has 7 heteroatoms. The fourth-order valence-corrected chi connectivity index (χ4v) is 3.46. The molecule has 0 aliphatic carbocycles. The molecule has 0 aliphatic rings. The van der Waals surface area contributed by atoms with Crippen LogP contribution < -0.4 is 24.8 Å². The van der Waals surface area contributed by atoms with Gasteiger partial charge in [-0.1, -0.05) is 14.6 Å². The molecule has 24 heavy (non-hydrogen) atoms. The molecule has 0 spiro atoms. The number of benzene rings is 2. The first-order chi connectivity index (χ1) is 11.6. The Hall–Kier alpha value is -1.88. The molecule has 0 bridgehead atoms. The lowest BCUT2D eigenvalue weighted by molar-refractivity contribution is 0.0499. The molecule has 1 atom stereocenters. The van der Waals surface area contributed by atoms with E-state index < -0.39 is 0 Å². The van der Waals surface area contributed by atoms with Crippen LogP contribution in [0.2, 0.25) is 0 Å². The SMILES string of the molecule is COCOc1c(OC)cc(OC)cc1Pc1ccc(F)cc1CO. The molecule has 0 aliphatic heterocycles. The lowest BCUT2D eigenvalue weighted by Crippen LogP contribution is -2.14. The van der Waals surface area contributed by atoms with E-state index in [1.54, 1.807) is 26.4 Å². The maximum absolute atomic E-state index is 13.4. The summed E-state index contributed by atoms with van der Waals surface area (Å²) in [6.45, 7) is -0.175. The highest BCUT2D eigenvalue weighted by molar-refractivity contribution is 7.55. The smallest absolute Gasteiger partial charge is 0.188 e. The molecule has 0 fully saturated rings. The van der Waals surface area contributed by atoms with Crippen molar-refractivity contribution in [2.45, 2.75) is 6.61 Å². The molecule has 1 unspecified atom stereocenters. The molecule has 2 aromatic rings. The van der Waals surface area contributed by atoms with E-state index in [1.165, 1.54) is 19.2 Å². The molecule has 2 rings (SSSR count). The van der Waals surface area contributed by atoms with Gasteiger partial charge in [0, 0.05) is 18.5 Å². The summed E-state index contributed by atoms with van der Waals surface area (Å²) in [6, 6.07) is 7.91. The zero-order valence-corrected chi connectivity index (χ0v) is 14.8. The largest absolute Gasteiger partial charge is 0.497 e. The topological polar surface area (TPSA) is 57.2 Å². The minimum atomic E-state index is -0.383. The van der Waals surface area contributed by atoms with Crippen molar-refractivity contribution in [2.75, 3.05) is 28.1 Å². The summed E-state index contributed by atoms with van der Waals surface area (Å²) in [5.74, 6) is 1.28. The van der Waals surface area contributed by atoms with Crippen molar-refractivity contribution in [3.05, 3.63) is 41.7 Å². The number of rotatable bonds is 8. The fraction of sp³-hybridized carbons (Fsp3) is 0.294. The van der Waals surface area contributed by atoms with Crippen LogP contribution in [-0.4, -0.2) is 33.2 Å². The number of aliphatic hydroxyl groups is 1. The molecular weight excluding hydrogens is 334 g/mol. The van der Waals surface area contributed by atoms with Gasteiger partial charge in [0.15, 0.2) is 18.3 Å². The maximum atomic E-state index is 13.4. The average Bonchev–Trinajstić information content (AvgIpc) is 2.61. The Labute approximate surface area is 142 Å². The summed E-state index contributed by atoms with van der Waals surface area (Å²) in [7, 11) is 4.75. The van der Waals surface area contributed by atoms with E-state index in [4.69, 9.17) is 18.9 Å². The summed E-state index contributed by atoms with van der Waals surface area (Å²) >= 11 is 0. The number of hydrogen-bond acceptors (Lipinski definition) is 5. The lowest BCUT2D eigenvalue weighted by atomic mass is 10.2. The molecule has 0 aromatic heterocycles. The Morgan fingerprint density at radius 2 is 1.83 bits per heavy atom. The van der Waals surface area contributed by atoms with Gasteiger partial charge < -0.3 is 24.1 Å². The van der Waals surface area contributed by atoms with Crippen LogP contribution in [0, 0.1) is 5.82 Å². The summed E-state index contributed by atoms with van der Waals surface area (Å²) < 4.78 is 34.7. The molecule has 0 saturated carbocycles. The Bertz CT molecular complexity index is 693. The lowest BCUT2D eigenvalue weighted by Gasteiger charge is -2.17. The standard InChI is InChI=1S/C17H20FO5P/c1-20-10-23-17-14(22-3)7-13(21-2)8-16(17)24-15-5-4-12(18)6-11(15)9-19/h4-8,19,24H,9-10H2,1-3H3. The van der Waals surface area contributed by atoms with E-state index in [9.17, 15) is 9.50 Å². The maximum Gasteiger partial charge on any atom is 0.188 e. The molecule has 130 valence electrons. The van der Waals surface area contributed by atoms with Crippen LogP contribution >= 0.6 is 8.58 Å². The van der Waals surface area contributed by atoms with Gasteiger partial charge in [0.1, 0.15) is 11.6 Å². The Kier molecular flexibility index (Phi) is 6.79. The monoisotopic (exact) mass is 354 g/mol. The average molecular weight is 354 g/mol. The van der Waals surface area contributed by atoms with Gasteiger partial charge in [0.25, 0.3) is 0 Å². The van der Waals surface area contributed by atoms with E-state index in [0.29, 0.717) is 22.8 Å². The zero-order chi connectivity index (χ0) is 17.5. The normalized spacial score (nSPS) is 11.0. The zero-order valence-electron chi connectivity index (χ0n) is 13.8. The molecular formula is C17H20FO5P. The number of hydrogen-bond donors (Lipinski definition) is 1. The quantitative estimate of drug-likeness (QED) is 0.580. The van der Waals surface area contributed by atoms with Gasteiger partial charge >= 0.3 is 0 Å². The summed E-state index contributed by atoms with van der Waals surface area (Å²) in [5.41, 5.74) is 0.535. The number of ether oxygens (including phenoxy) is 4. The predicted octanol–water partition coefficient (Wildman–Crippen LogP) is 1.95. The highest BCUT2D eigenvalue weighted by atomic mass is 31.1. The molecule has 0 saturated heterocycles. The fourth-order valence-electron chi connectivity index (χ4n) is 2.17. The summed E-state index contributed by atoms with van der Waals surface area (Å²) in [6.07, 6.45) is 0. The van der Waals surface area contributed by atoms with Gasteiger partial charge in [-0.05, 0) is 29.1 Å². The Morgan fingerprint density at radius 3 is 2.46 bits per heavy atom. The van der Waals surface area contributed by atoms with E-state index in [0.717, 1.165) is 10.6 Å². The van der Waals surface area contributed by atoms with Crippen molar-refractivity contribution >= 4 is 19.2 Å². The first kappa shape index (κ1) is 18.5. The van der Waals surface area contributed by atoms with Crippen molar-refractivity contribution in [1.29, 1.82) is 0 Å². The van der Waals surface area contributed by atoms with Crippen molar-refractivity contribution in [3.8, 4) is 17.2 Å². The van der Waals surface area contributed by atoms with Crippen molar-refractivity contribution in [2.24, 2.45) is 0 Å². The van der Waals surface area contributed by atoms with Crippen LogP contribution in [0.3, 0.4) is 0 Å². The van der Waals surface area contributed by atoms with Gasteiger partial charge in [0.05, 0.1) is 20.8 Å². The first-order valence-corrected chi connectivity index (χ1v) is 8.17. The van der Waals surface area contributed by atoms with Gasteiger partial charge in [-0.2, -0.15) is 0 Å². The van der Waals surface area contributed by atoms with Crippen LogP contribution in [-0.2, 0) is 11.3 Å². The third-order valence-electron chi connectivity index (χ3n) is 3.31. The highest BCUT2D eigenvalue weighted by Crippen LogP contribution is 2.34. The summed E-state index contributed by atoms with van der Waals surface area (Å²) in [4.78, 5) is 0. The van der Waals surface area contributed by atoms with Crippen molar-refractivity contribution in [1.82, 2.24) is 0 Å². The second-order valence-corrected chi connectivity index (χ2v) is 6.17. The molecule has 0 amide bonds. The van der Waals surface area contributed by atoms with Gasteiger partial charge in [0.2, 0.25) is 0 Å². The Morgan fingerprint density at radius 1 is 1.04 bits per heavy atom. The molecule has 2 aromatic carbocycles. The predicted molar refractivity (Wildman–Crippen MR) is 92.0 cm³/mol. The summed E-state index contributed by atoms with van der Waals surface area (Å²) in [5, 5.41) is 11.1. The molecule has 1 N–H and O–H groups in total. The third-order valence-corrected chi connectivity index (χ3v) is 4.71.